The Balaban J connectivity index is 1.02. The van der Waals surface area contributed by atoms with Crippen molar-refractivity contribution in [3.8, 4) is 38.4 Å². The number of ether oxygens (including phenoxy) is 6. The van der Waals surface area contributed by atoms with Crippen molar-refractivity contribution in [3.05, 3.63) is 112 Å². The van der Waals surface area contributed by atoms with Crippen molar-refractivity contribution in [2.45, 2.75) is 114 Å². The number of benzene rings is 1. The van der Waals surface area contributed by atoms with Crippen LogP contribution in [-0.4, -0.2) is 238 Å². The molecule has 7 aromatic heterocycles. The summed E-state index contributed by atoms with van der Waals surface area (Å²) >= 11 is 4.40. The van der Waals surface area contributed by atoms with E-state index in [-0.39, 0.29) is 143 Å². The summed E-state index contributed by atoms with van der Waals surface area (Å²) in [5.74, 6) is -8.31. The van der Waals surface area contributed by atoms with Gasteiger partial charge in [0, 0.05) is 69.5 Å². The Bertz CT molecular complexity index is 4710. The van der Waals surface area contributed by atoms with E-state index in [0.717, 1.165) is 56.7 Å². The first kappa shape index (κ1) is 75.3. The summed E-state index contributed by atoms with van der Waals surface area (Å²) in [6, 6.07) is -0.773. The number of aromatic nitrogens is 7. The van der Waals surface area contributed by atoms with Crippen molar-refractivity contribution in [2.24, 2.45) is 5.73 Å². The van der Waals surface area contributed by atoms with Crippen LogP contribution in [0.3, 0.4) is 0 Å². The van der Waals surface area contributed by atoms with E-state index in [2.05, 4.69) is 41.5 Å². The lowest BCUT2D eigenvalue weighted by atomic mass is 9.85. The molecule has 1 unspecified atom stereocenters. The zero-order valence-corrected chi connectivity index (χ0v) is 61.0. The average molecular weight is 1540 g/mol. The van der Waals surface area contributed by atoms with Crippen LogP contribution in [0.2, 0.25) is 0 Å². The van der Waals surface area contributed by atoms with Crippen LogP contribution in [-0.2, 0) is 56.0 Å². The van der Waals surface area contributed by atoms with Gasteiger partial charge in [-0.1, -0.05) is 12.1 Å². The highest BCUT2D eigenvalue weighted by Crippen LogP contribution is 2.43. The van der Waals surface area contributed by atoms with Gasteiger partial charge >= 0.3 is 11.9 Å². The Morgan fingerprint density at radius 1 is 0.838 bits per heavy atom. The molecule has 11 atom stereocenters. The average Bonchev–Trinajstić information content (AvgIpc) is 1.65. The predicted octanol–water partition coefficient (Wildman–Crippen LogP) is 2.03. The number of amides is 6. The minimum atomic E-state index is -1.93. The second-order valence-corrected chi connectivity index (χ2v) is 29.6. The number of hydrogen-bond acceptors (Lipinski definition) is 33. The van der Waals surface area contributed by atoms with Crippen LogP contribution in [0.15, 0.2) is 56.9 Å². The van der Waals surface area contributed by atoms with E-state index >= 15 is 19.2 Å². The van der Waals surface area contributed by atoms with Crippen molar-refractivity contribution in [1.29, 1.82) is 0 Å². The third-order valence-electron chi connectivity index (χ3n) is 17.7. The number of primary amides is 1. The summed E-state index contributed by atoms with van der Waals surface area (Å²) in [6.07, 6.45) is -7.63. The second-order valence-electron chi connectivity index (χ2n) is 25.2. The molecule has 4 aliphatic rings. The molecule has 40 heteroatoms. The fourth-order valence-electron chi connectivity index (χ4n) is 12.7. The summed E-state index contributed by atoms with van der Waals surface area (Å²) in [4.78, 5) is 147. The number of esters is 2. The van der Waals surface area contributed by atoms with Gasteiger partial charge in [0.2, 0.25) is 11.8 Å². The molecule has 8 aromatic rings. The number of allylic oxidation sites excluding steroid dienone is 1. The number of aromatic hydroxyl groups is 1. The number of likely N-dealkylation sites (N-methyl/N-ethyl adjacent to an activating group) is 1. The van der Waals surface area contributed by atoms with Crippen LogP contribution in [0.1, 0.15) is 125 Å². The number of nitrogens with one attached hydrogen (secondary N) is 5. The number of cyclic esters (lactones) is 2. The quantitative estimate of drug-likeness (QED) is 0.0397. The Kier molecular flexibility index (Phi) is 22.5. The summed E-state index contributed by atoms with van der Waals surface area (Å²) in [6.45, 7) is 3.44. The molecule has 0 spiro atoms. The molecule has 11 heterocycles. The van der Waals surface area contributed by atoms with E-state index in [1.165, 1.54) is 64.9 Å². The van der Waals surface area contributed by atoms with Crippen molar-refractivity contribution in [2.75, 3.05) is 60.7 Å². The summed E-state index contributed by atoms with van der Waals surface area (Å²) in [5, 5.41) is 87.0. The van der Waals surface area contributed by atoms with Crippen molar-refractivity contribution in [1.82, 2.24) is 71.0 Å². The van der Waals surface area contributed by atoms with Gasteiger partial charge in [-0.15, -0.1) is 56.7 Å². The molecule has 35 nitrogen and oxygen atoms in total. The van der Waals surface area contributed by atoms with Crippen molar-refractivity contribution in [3.63, 3.8) is 0 Å². The molecule has 6 amide bonds. The van der Waals surface area contributed by atoms with E-state index in [9.17, 15) is 49.9 Å². The monoisotopic (exact) mass is 1540 g/mol. The third-order valence-corrected chi connectivity index (χ3v) is 22.1. The number of fused-ring (bicyclic) bond motifs is 15. The smallest absolute Gasteiger partial charge is 0.358 e. The number of nitrogens with two attached hydrogens (primary N) is 1. The van der Waals surface area contributed by atoms with Crippen LogP contribution in [0.4, 0.5) is 0 Å². The molecule has 1 saturated heterocycles. The lowest BCUT2D eigenvalue weighted by Gasteiger charge is -2.48. The Morgan fingerprint density at radius 3 is 2.19 bits per heavy atom. The van der Waals surface area contributed by atoms with Gasteiger partial charge < -0.3 is 96.4 Å². The maximum atomic E-state index is 15.2. The minimum Gasteiger partial charge on any atom is -0.506 e. The second kappa shape index (κ2) is 31.3. The predicted molar refractivity (Wildman–Crippen MR) is 375 cm³/mol. The zero-order valence-electron chi connectivity index (χ0n) is 56.9. The number of rotatable bonds is 15. The molecule has 0 aliphatic carbocycles. The highest BCUT2D eigenvalue weighted by Gasteiger charge is 2.50. The standard InChI is InChI=1S/C65H71N15O20S5/c1-26(83)43-57(90)76-44(27(2)95-7)60-71-38(25-103-60)56(89)77-47-49-50(100-41-16-65(4,93)51(78(5)6)28(3)99-41)64(92)97-18-29-9-8-10-39-42(29)31(19-96-49)48(80(39)94)63(91)98-20-33(68-54(87)36-24-105-62(47)73-36)59-69-34(21-102-59)45-30(58-70-37(22-101-58)55(88)75-43)15-40(84)46(74-45)61-72-35(23-104-61)53(86)67-32(52(66)85)17-79(11-13-81)12-14-82/h8-10,15,21-26,28,32-33,41,43,47,49-51,81-84,93-94H,11-14,16-20H2,1-7H3,(H2,66,85)(H,67,86)(H,68,87)(H,75,88)(H,76,90)(H,77,89)/b44-27+/t26-,28+,32?,33+,41+,43+,47+,49+,50+,51-,65+/m1/s1. The maximum absolute atomic E-state index is 15.2. The summed E-state index contributed by atoms with van der Waals surface area (Å²) < 4.78 is 38.3. The van der Waals surface area contributed by atoms with Crippen molar-refractivity contribution < 1.29 is 97.5 Å². The SMILES string of the molecule is CO/C(C)=C1/NC(=O)[C@H]([C@@H](C)O)NC(=O)c2csc(n2)-c2cc(O)c(-c3nc(C(=O)NC(CN(CCO)CCO)C(N)=O)cs3)nc2-c2csc(n2)[C@@H]2COC(=O)c3c4c5c(cccc5n3O)COC(=O)[C@@H](O[C@H]3C[C@](C)(O)[C@H](N(C)C)[C@H](C)O3)[C@@H](OC4)[C@H](NC(=O)c3csc1n3)c1nc(cs1)C(=O)N2. The molecule has 0 saturated carbocycles. The van der Waals surface area contributed by atoms with Gasteiger partial charge in [-0.25, -0.2) is 39.5 Å². The molecule has 4 aliphatic heterocycles. The molecule has 105 heavy (non-hydrogen) atoms. The van der Waals surface area contributed by atoms with Crippen LogP contribution in [0, 0.1) is 0 Å². The molecule has 12 bridgehead atoms. The number of thiazole rings is 5. The van der Waals surface area contributed by atoms with Crippen LogP contribution in [0.5, 0.6) is 5.75 Å². The van der Waals surface area contributed by atoms with E-state index in [1.54, 1.807) is 45.0 Å². The minimum absolute atomic E-state index is 0.00144. The third kappa shape index (κ3) is 15.7. The molecule has 1 fully saturated rings. The number of aliphatic hydroxyl groups is 4. The zero-order chi connectivity index (χ0) is 75.0. The summed E-state index contributed by atoms with van der Waals surface area (Å²) in [7, 11) is 4.82. The Morgan fingerprint density at radius 2 is 1.50 bits per heavy atom. The van der Waals surface area contributed by atoms with E-state index in [1.807, 2.05) is 0 Å². The van der Waals surface area contributed by atoms with Crippen LogP contribution < -0.4 is 32.3 Å². The topological polar surface area (TPSA) is 488 Å². The van der Waals surface area contributed by atoms with Crippen molar-refractivity contribution >= 4 is 121 Å². The lowest BCUT2D eigenvalue weighted by molar-refractivity contribution is -0.280. The highest BCUT2D eigenvalue weighted by molar-refractivity contribution is 7.14. The van der Waals surface area contributed by atoms with Gasteiger partial charge in [0.05, 0.1) is 56.3 Å². The summed E-state index contributed by atoms with van der Waals surface area (Å²) in [5.41, 5.74) is 2.59. The Labute approximate surface area is 615 Å². The molecule has 12 rings (SSSR count). The number of nitrogens with zero attached hydrogens (tertiary/aromatic N) is 9. The van der Waals surface area contributed by atoms with Gasteiger partial charge in [0.25, 0.3) is 23.6 Å². The van der Waals surface area contributed by atoms with Crippen LogP contribution in [0.25, 0.3) is 49.3 Å². The molecular weight excluding hydrogens is 1470 g/mol. The number of pyridine rings is 1. The van der Waals surface area contributed by atoms with E-state index in [4.69, 9.17) is 49.1 Å². The number of aliphatic hydroxyl groups excluding tert-OH is 3. The van der Waals surface area contributed by atoms with Crippen LogP contribution >= 0.6 is 56.7 Å². The maximum Gasteiger partial charge on any atom is 0.358 e. The largest absolute Gasteiger partial charge is 0.506 e. The molecular formula is C65H71N15O20S5. The van der Waals surface area contributed by atoms with Gasteiger partial charge in [-0.2, -0.15) is 4.73 Å². The molecule has 13 N–H and O–H groups in total. The highest BCUT2D eigenvalue weighted by atomic mass is 32.1. The fourth-order valence-corrected chi connectivity index (χ4v) is 16.9. The molecule has 1 aromatic carbocycles. The molecule has 0 radical (unpaired) electrons. The van der Waals surface area contributed by atoms with Gasteiger partial charge in [-0.3, -0.25) is 33.7 Å². The van der Waals surface area contributed by atoms with Gasteiger partial charge in [0.15, 0.2) is 18.1 Å². The first-order chi connectivity index (χ1) is 50.1. The van der Waals surface area contributed by atoms with Gasteiger partial charge in [-0.05, 0) is 59.5 Å². The first-order valence-electron chi connectivity index (χ1n) is 32.4. The van der Waals surface area contributed by atoms with E-state index < -0.39 is 145 Å². The fraction of sp³-hybridized carbons (Fsp3) is 0.415. The first-order valence-corrected chi connectivity index (χ1v) is 36.8. The number of hydrogen-bond donors (Lipinski definition) is 12. The number of carbonyl (C=O) groups excluding carboxylic acids is 8. The number of carbonyl (C=O) groups is 8. The van der Waals surface area contributed by atoms with Gasteiger partial charge in [0.1, 0.15) is 126 Å². The normalized spacial score (nSPS) is 23.6. The molecule has 556 valence electrons. The lowest BCUT2D eigenvalue weighted by Crippen LogP contribution is -2.62. The Hall–Kier alpha value is -9.40. The number of methoxy groups -OCH3 is 1. The van der Waals surface area contributed by atoms with E-state index in [0.29, 0.717) is 4.73 Å².